The first-order valence-electron chi connectivity index (χ1n) is 3.56. The van der Waals surface area contributed by atoms with Gasteiger partial charge in [0.05, 0.1) is 12.2 Å². The molecule has 1 rings (SSSR count). The maximum Gasteiger partial charge on any atom is 0.185 e. The fraction of sp³-hybridized carbons (Fsp3) is 0.750. The van der Waals surface area contributed by atoms with E-state index in [1.807, 2.05) is 20.8 Å². The molecular weight excluding hydrogens is 128 g/mol. The third-order valence-electron chi connectivity index (χ3n) is 1.87. The van der Waals surface area contributed by atoms with E-state index in [2.05, 4.69) is 6.58 Å². The quantitative estimate of drug-likeness (QED) is 0.519. The second-order valence-corrected chi connectivity index (χ2v) is 2.87. The molecule has 1 aliphatic heterocycles. The molecule has 0 aromatic heterocycles. The lowest BCUT2D eigenvalue weighted by Crippen LogP contribution is -2.22. The van der Waals surface area contributed by atoms with E-state index < -0.39 is 5.79 Å². The third-order valence-corrected chi connectivity index (χ3v) is 1.87. The predicted molar refractivity (Wildman–Crippen MR) is 39.7 cm³/mol. The Kier molecular flexibility index (Phi) is 1.84. The highest BCUT2D eigenvalue weighted by atomic mass is 16.7. The molecule has 1 aliphatic rings. The molecule has 58 valence electrons. The Labute approximate surface area is 61.8 Å². The Morgan fingerprint density at radius 2 is 1.70 bits per heavy atom. The molecule has 0 aromatic carbocycles. The molecule has 0 N–H and O–H groups in total. The SMILES string of the molecule is C=CC1(C)O[C@H](C)[C@@H](C)O1. The molecule has 2 heteroatoms. The van der Waals surface area contributed by atoms with Crippen molar-refractivity contribution in [2.24, 2.45) is 0 Å². The van der Waals surface area contributed by atoms with Gasteiger partial charge in [0.1, 0.15) is 0 Å². The Morgan fingerprint density at radius 1 is 1.30 bits per heavy atom. The van der Waals surface area contributed by atoms with Crippen LogP contribution in [0.5, 0.6) is 0 Å². The van der Waals surface area contributed by atoms with Crippen molar-refractivity contribution >= 4 is 0 Å². The minimum Gasteiger partial charge on any atom is -0.341 e. The van der Waals surface area contributed by atoms with Crippen LogP contribution >= 0.6 is 0 Å². The van der Waals surface area contributed by atoms with Crippen LogP contribution in [-0.2, 0) is 9.47 Å². The number of rotatable bonds is 1. The summed E-state index contributed by atoms with van der Waals surface area (Å²) in [6.07, 6.45) is 2.03. The van der Waals surface area contributed by atoms with Gasteiger partial charge in [-0.1, -0.05) is 6.58 Å². The van der Waals surface area contributed by atoms with Crippen LogP contribution in [0.2, 0.25) is 0 Å². The molecule has 0 bridgehead atoms. The fourth-order valence-electron chi connectivity index (χ4n) is 1.05. The van der Waals surface area contributed by atoms with E-state index in [-0.39, 0.29) is 12.2 Å². The zero-order valence-corrected chi connectivity index (χ0v) is 6.76. The summed E-state index contributed by atoms with van der Waals surface area (Å²) < 4.78 is 10.9. The van der Waals surface area contributed by atoms with E-state index in [0.29, 0.717) is 0 Å². The van der Waals surface area contributed by atoms with Gasteiger partial charge < -0.3 is 9.47 Å². The smallest absolute Gasteiger partial charge is 0.185 e. The minimum absolute atomic E-state index is 0.169. The second-order valence-electron chi connectivity index (χ2n) is 2.87. The van der Waals surface area contributed by atoms with Crippen LogP contribution < -0.4 is 0 Å². The van der Waals surface area contributed by atoms with Crippen molar-refractivity contribution in [2.75, 3.05) is 0 Å². The summed E-state index contributed by atoms with van der Waals surface area (Å²) in [5.41, 5.74) is 0. The van der Waals surface area contributed by atoms with Gasteiger partial charge in [0, 0.05) is 0 Å². The number of ether oxygens (including phenoxy) is 2. The van der Waals surface area contributed by atoms with Gasteiger partial charge in [-0.15, -0.1) is 0 Å². The zero-order valence-electron chi connectivity index (χ0n) is 6.76. The lowest BCUT2D eigenvalue weighted by Gasteiger charge is -2.17. The fourth-order valence-corrected chi connectivity index (χ4v) is 1.05. The Hall–Kier alpha value is -0.340. The average molecular weight is 142 g/mol. The number of hydrogen-bond acceptors (Lipinski definition) is 2. The molecule has 1 saturated heterocycles. The van der Waals surface area contributed by atoms with Gasteiger partial charge in [-0.2, -0.15) is 0 Å². The molecule has 0 amide bonds. The molecule has 1 fully saturated rings. The first-order chi connectivity index (χ1) is 4.57. The van der Waals surface area contributed by atoms with Crippen LogP contribution in [0.4, 0.5) is 0 Å². The largest absolute Gasteiger partial charge is 0.341 e. The minimum atomic E-state index is -0.557. The molecule has 0 spiro atoms. The van der Waals surface area contributed by atoms with Crippen molar-refractivity contribution in [2.45, 2.75) is 38.8 Å². The van der Waals surface area contributed by atoms with Gasteiger partial charge in [-0.05, 0) is 26.8 Å². The summed E-state index contributed by atoms with van der Waals surface area (Å²) in [5, 5.41) is 0. The molecule has 0 aromatic rings. The van der Waals surface area contributed by atoms with Crippen molar-refractivity contribution in [3.63, 3.8) is 0 Å². The van der Waals surface area contributed by atoms with Crippen LogP contribution in [0.15, 0.2) is 12.7 Å². The summed E-state index contributed by atoms with van der Waals surface area (Å²) >= 11 is 0. The molecule has 1 heterocycles. The zero-order chi connectivity index (χ0) is 7.78. The van der Waals surface area contributed by atoms with Crippen LogP contribution in [-0.4, -0.2) is 18.0 Å². The first kappa shape index (κ1) is 7.76. The summed E-state index contributed by atoms with van der Waals surface area (Å²) in [5.74, 6) is -0.557. The molecule has 2 atom stereocenters. The van der Waals surface area contributed by atoms with Crippen molar-refractivity contribution < 1.29 is 9.47 Å². The van der Waals surface area contributed by atoms with E-state index in [1.54, 1.807) is 6.08 Å². The van der Waals surface area contributed by atoms with Crippen LogP contribution in [0, 0.1) is 0 Å². The summed E-state index contributed by atoms with van der Waals surface area (Å²) in [6, 6.07) is 0. The van der Waals surface area contributed by atoms with Crippen LogP contribution in [0.1, 0.15) is 20.8 Å². The lowest BCUT2D eigenvalue weighted by molar-refractivity contribution is -0.118. The molecule has 0 aliphatic carbocycles. The van der Waals surface area contributed by atoms with Crippen LogP contribution in [0.3, 0.4) is 0 Å². The van der Waals surface area contributed by atoms with Crippen molar-refractivity contribution in [3.8, 4) is 0 Å². The summed E-state index contributed by atoms with van der Waals surface area (Å²) in [6.45, 7) is 9.51. The van der Waals surface area contributed by atoms with Crippen LogP contribution in [0.25, 0.3) is 0 Å². The van der Waals surface area contributed by atoms with Crippen molar-refractivity contribution in [1.29, 1.82) is 0 Å². The van der Waals surface area contributed by atoms with Gasteiger partial charge in [0.15, 0.2) is 5.79 Å². The summed E-state index contributed by atoms with van der Waals surface area (Å²) in [4.78, 5) is 0. The van der Waals surface area contributed by atoms with Crippen molar-refractivity contribution in [3.05, 3.63) is 12.7 Å². The Balaban J connectivity index is 2.63. The topological polar surface area (TPSA) is 18.5 Å². The average Bonchev–Trinajstić information content (AvgIpc) is 2.10. The van der Waals surface area contributed by atoms with E-state index >= 15 is 0 Å². The lowest BCUT2D eigenvalue weighted by atomic mass is 10.3. The van der Waals surface area contributed by atoms with Gasteiger partial charge in [0.25, 0.3) is 0 Å². The highest BCUT2D eigenvalue weighted by Gasteiger charge is 2.37. The van der Waals surface area contributed by atoms with E-state index in [4.69, 9.17) is 9.47 Å². The molecule has 0 radical (unpaired) electrons. The molecule has 2 nitrogen and oxygen atoms in total. The molecule has 0 unspecified atom stereocenters. The van der Waals surface area contributed by atoms with E-state index in [9.17, 15) is 0 Å². The normalized spacial score (nSPS) is 37.9. The highest BCUT2D eigenvalue weighted by molar-refractivity contribution is 4.91. The Morgan fingerprint density at radius 3 is 1.90 bits per heavy atom. The Bertz CT molecular complexity index is 132. The maximum absolute atomic E-state index is 5.47. The van der Waals surface area contributed by atoms with Gasteiger partial charge in [-0.25, -0.2) is 0 Å². The maximum atomic E-state index is 5.47. The van der Waals surface area contributed by atoms with E-state index in [1.165, 1.54) is 0 Å². The van der Waals surface area contributed by atoms with Crippen molar-refractivity contribution in [1.82, 2.24) is 0 Å². The van der Waals surface area contributed by atoms with Gasteiger partial charge in [-0.3, -0.25) is 0 Å². The predicted octanol–water partition coefficient (Wildman–Crippen LogP) is 1.71. The van der Waals surface area contributed by atoms with Gasteiger partial charge in [0.2, 0.25) is 0 Å². The standard InChI is InChI=1S/C8H14O2/c1-5-8(4)9-6(2)7(3)10-8/h5-7H,1H2,2-4H3/t6-,7-/m1/s1. The second kappa shape index (κ2) is 2.36. The highest BCUT2D eigenvalue weighted by Crippen LogP contribution is 2.28. The molecule has 10 heavy (non-hydrogen) atoms. The summed E-state index contributed by atoms with van der Waals surface area (Å²) in [7, 11) is 0. The number of hydrogen-bond donors (Lipinski definition) is 0. The monoisotopic (exact) mass is 142 g/mol. The molecule has 0 saturated carbocycles. The first-order valence-corrected chi connectivity index (χ1v) is 3.56. The molecular formula is C8H14O2. The van der Waals surface area contributed by atoms with E-state index in [0.717, 1.165) is 0 Å². The third kappa shape index (κ3) is 1.22. The van der Waals surface area contributed by atoms with Gasteiger partial charge >= 0.3 is 0 Å².